The Hall–Kier alpha value is -2.27. The smallest absolute Gasteiger partial charge is 0.243 e. The summed E-state index contributed by atoms with van der Waals surface area (Å²) < 4.78 is 38.3. The molecule has 2 aromatic heterocycles. The summed E-state index contributed by atoms with van der Waals surface area (Å²) in [4.78, 5) is 14.6. The maximum atomic E-state index is 13.2. The molecule has 1 saturated heterocycles. The fourth-order valence-electron chi connectivity index (χ4n) is 4.64. The zero-order chi connectivity index (χ0) is 23.0. The first-order valence-corrected chi connectivity index (χ1v) is 13.5. The fourth-order valence-corrected chi connectivity index (χ4v) is 7.34. The van der Waals surface area contributed by atoms with Crippen LogP contribution in [0.5, 0.6) is 5.75 Å². The summed E-state index contributed by atoms with van der Waals surface area (Å²) in [6.07, 6.45) is 4.56. The van der Waals surface area contributed by atoms with Gasteiger partial charge in [-0.3, -0.25) is 0 Å². The summed E-state index contributed by atoms with van der Waals surface area (Å²) in [5.74, 6) is 2.23. The standard InChI is InChI=1S/C23H28N4O4S2/c1-30-15-20-24-22(21-18-5-3-4-6-19(18)32-23(21)25-20)26-11-13-27(14-12-26)33(28,29)17-9-7-16(31-2)8-10-17/h7-10H,3-6,11-15H2,1-2H3. The van der Waals surface area contributed by atoms with E-state index in [2.05, 4.69) is 4.90 Å². The lowest BCUT2D eigenvalue weighted by atomic mass is 9.97. The van der Waals surface area contributed by atoms with E-state index in [4.69, 9.17) is 19.4 Å². The minimum absolute atomic E-state index is 0.287. The van der Waals surface area contributed by atoms with E-state index in [-0.39, 0.29) is 4.90 Å². The number of nitrogens with zero attached hydrogens (tertiary/aromatic N) is 4. The average Bonchev–Trinajstić information content (AvgIpc) is 3.22. The molecule has 5 rings (SSSR count). The molecule has 0 radical (unpaired) electrons. The second kappa shape index (κ2) is 9.17. The molecule has 0 atom stereocenters. The molecule has 1 aliphatic heterocycles. The number of hydrogen-bond donors (Lipinski definition) is 0. The van der Waals surface area contributed by atoms with Gasteiger partial charge in [0.1, 0.15) is 23.0 Å². The molecular weight excluding hydrogens is 460 g/mol. The Morgan fingerprint density at radius 3 is 2.42 bits per heavy atom. The van der Waals surface area contributed by atoms with Gasteiger partial charge in [0.2, 0.25) is 10.0 Å². The van der Waals surface area contributed by atoms with Crippen LogP contribution < -0.4 is 9.64 Å². The molecule has 1 aliphatic carbocycles. The van der Waals surface area contributed by atoms with E-state index in [1.54, 1.807) is 54.1 Å². The lowest BCUT2D eigenvalue weighted by Gasteiger charge is -2.35. The second-order valence-electron chi connectivity index (χ2n) is 8.35. The van der Waals surface area contributed by atoms with Crippen molar-refractivity contribution in [2.24, 2.45) is 0 Å². The number of rotatable bonds is 6. The van der Waals surface area contributed by atoms with E-state index in [0.717, 1.165) is 28.9 Å². The van der Waals surface area contributed by atoms with Gasteiger partial charge in [0.15, 0.2) is 5.82 Å². The van der Waals surface area contributed by atoms with E-state index in [1.165, 1.54) is 23.3 Å². The van der Waals surface area contributed by atoms with Crippen molar-refractivity contribution >= 4 is 37.4 Å². The second-order valence-corrected chi connectivity index (χ2v) is 11.4. The lowest BCUT2D eigenvalue weighted by molar-refractivity contribution is 0.178. The van der Waals surface area contributed by atoms with Gasteiger partial charge in [0, 0.05) is 38.2 Å². The molecule has 1 aromatic carbocycles. The van der Waals surface area contributed by atoms with E-state index in [9.17, 15) is 8.42 Å². The van der Waals surface area contributed by atoms with Crippen LogP contribution >= 0.6 is 11.3 Å². The van der Waals surface area contributed by atoms with Gasteiger partial charge in [-0.05, 0) is 55.5 Å². The number of methoxy groups -OCH3 is 2. The summed E-state index contributed by atoms with van der Waals surface area (Å²) in [6.45, 7) is 2.34. The van der Waals surface area contributed by atoms with E-state index >= 15 is 0 Å². The third kappa shape index (κ3) is 4.21. The number of piperazine rings is 1. The Bertz CT molecular complexity index is 1250. The van der Waals surface area contributed by atoms with Crippen LogP contribution in [0.2, 0.25) is 0 Å². The Kier molecular flexibility index (Phi) is 6.26. The van der Waals surface area contributed by atoms with Crippen LogP contribution in [0.15, 0.2) is 29.2 Å². The predicted octanol–water partition coefficient (Wildman–Crippen LogP) is 3.24. The molecule has 2 aliphatic rings. The summed E-state index contributed by atoms with van der Waals surface area (Å²) in [5.41, 5.74) is 1.38. The van der Waals surface area contributed by atoms with Crippen molar-refractivity contribution in [2.45, 2.75) is 37.2 Å². The molecule has 3 heterocycles. The van der Waals surface area contributed by atoms with Gasteiger partial charge in [-0.2, -0.15) is 4.31 Å². The highest BCUT2D eigenvalue weighted by Crippen LogP contribution is 2.40. The molecule has 0 bridgehead atoms. The van der Waals surface area contributed by atoms with E-state index in [1.807, 2.05) is 0 Å². The minimum atomic E-state index is -3.56. The van der Waals surface area contributed by atoms with Crippen LogP contribution in [0.25, 0.3) is 10.2 Å². The van der Waals surface area contributed by atoms with Crippen LogP contribution in [0, 0.1) is 0 Å². The first-order chi connectivity index (χ1) is 16.0. The minimum Gasteiger partial charge on any atom is -0.497 e. The van der Waals surface area contributed by atoms with Crippen molar-refractivity contribution in [3.05, 3.63) is 40.5 Å². The van der Waals surface area contributed by atoms with Crippen LogP contribution in [0.3, 0.4) is 0 Å². The zero-order valence-electron chi connectivity index (χ0n) is 18.9. The van der Waals surface area contributed by atoms with Crippen LogP contribution in [0.4, 0.5) is 5.82 Å². The first kappa shape index (κ1) is 22.5. The van der Waals surface area contributed by atoms with Gasteiger partial charge in [-0.25, -0.2) is 18.4 Å². The van der Waals surface area contributed by atoms with Gasteiger partial charge in [-0.15, -0.1) is 11.3 Å². The highest BCUT2D eigenvalue weighted by molar-refractivity contribution is 7.89. The molecule has 176 valence electrons. The highest BCUT2D eigenvalue weighted by atomic mass is 32.2. The van der Waals surface area contributed by atoms with Crippen molar-refractivity contribution in [1.82, 2.24) is 14.3 Å². The summed E-state index contributed by atoms with van der Waals surface area (Å²) in [5, 5.41) is 1.15. The molecule has 0 spiro atoms. The van der Waals surface area contributed by atoms with Crippen LogP contribution in [-0.4, -0.2) is 63.1 Å². The lowest BCUT2D eigenvalue weighted by Crippen LogP contribution is -2.49. The molecule has 8 nitrogen and oxygen atoms in total. The molecule has 0 saturated carbocycles. The Balaban J connectivity index is 1.42. The van der Waals surface area contributed by atoms with Crippen LogP contribution in [0.1, 0.15) is 29.1 Å². The molecule has 0 amide bonds. The monoisotopic (exact) mass is 488 g/mol. The number of aromatic nitrogens is 2. The number of sulfonamides is 1. The van der Waals surface area contributed by atoms with Gasteiger partial charge in [0.05, 0.1) is 17.4 Å². The molecule has 3 aromatic rings. The Labute approximate surface area is 198 Å². The third-order valence-electron chi connectivity index (χ3n) is 6.35. The van der Waals surface area contributed by atoms with E-state index < -0.39 is 10.0 Å². The number of fused-ring (bicyclic) bond motifs is 3. The predicted molar refractivity (Wildman–Crippen MR) is 129 cm³/mol. The molecule has 0 unspecified atom stereocenters. The van der Waals surface area contributed by atoms with Gasteiger partial charge < -0.3 is 14.4 Å². The third-order valence-corrected chi connectivity index (χ3v) is 9.45. The summed E-state index contributed by atoms with van der Waals surface area (Å²) >= 11 is 1.77. The number of hydrogen-bond acceptors (Lipinski definition) is 8. The molecular formula is C23H28N4O4S2. The number of thiophene rings is 1. The van der Waals surface area contributed by atoms with E-state index in [0.29, 0.717) is 44.4 Å². The average molecular weight is 489 g/mol. The SMILES string of the molecule is COCc1nc(N2CCN(S(=O)(=O)c3ccc(OC)cc3)CC2)c2c3c(sc2n1)CCCC3. The van der Waals surface area contributed by atoms with Gasteiger partial charge >= 0.3 is 0 Å². The van der Waals surface area contributed by atoms with Gasteiger partial charge in [0.25, 0.3) is 0 Å². The summed E-state index contributed by atoms with van der Waals surface area (Å²) in [6, 6.07) is 6.56. The summed E-state index contributed by atoms with van der Waals surface area (Å²) in [7, 11) is -0.342. The number of ether oxygens (including phenoxy) is 2. The molecule has 0 N–H and O–H groups in total. The van der Waals surface area contributed by atoms with Crippen molar-refractivity contribution in [2.75, 3.05) is 45.3 Å². The van der Waals surface area contributed by atoms with Crippen molar-refractivity contribution in [3.63, 3.8) is 0 Å². The normalized spacial score (nSPS) is 17.3. The highest BCUT2D eigenvalue weighted by Gasteiger charge is 2.31. The zero-order valence-corrected chi connectivity index (χ0v) is 20.5. The largest absolute Gasteiger partial charge is 0.497 e. The first-order valence-electron chi connectivity index (χ1n) is 11.2. The number of anilines is 1. The molecule has 33 heavy (non-hydrogen) atoms. The fraction of sp³-hybridized carbons (Fsp3) is 0.478. The van der Waals surface area contributed by atoms with Crippen molar-refractivity contribution in [3.8, 4) is 5.75 Å². The number of aryl methyl sites for hydroxylation is 2. The Morgan fingerprint density at radius 2 is 1.73 bits per heavy atom. The number of benzene rings is 1. The Morgan fingerprint density at radius 1 is 1.00 bits per heavy atom. The van der Waals surface area contributed by atoms with Gasteiger partial charge in [-0.1, -0.05) is 0 Å². The van der Waals surface area contributed by atoms with Crippen LogP contribution in [-0.2, 0) is 34.2 Å². The quantitative estimate of drug-likeness (QED) is 0.527. The molecule has 10 heteroatoms. The van der Waals surface area contributed by atoms with Crippen molar-refractivity contribution in [1.29, 1.82) is 0 Å². The topological polar surface area (TPSA) is 84.9 Å². The maximum Gasteiger partial charge on any atom is 0.243 e. The molecule has 1 fully saturated rings. The van der Waals surface area contributed by atoms with Crippen molar-refractivity contribution < 1.29 is 17.9 Å². The maximum absolute atomic E-state index is 13.2.